The summed E-state index contributed by atoms with van der Waals surface area (Å²) in [6.07, 6.45) is 3.62. The summed E-state index contributed by atoms with van der Waals surface area (Å²) in [7, 11) is 0. The van der Waals surface area contributed by atoms with Crippen LogP contribution >= 0.6 is 24.0 Å². The van der Waals surface area contributed by atoms with Gasteiger partial charge in [0.05, 0.1) is 5.69 Å². The van der Waals surface area contributed by atoms with Crippen molar-refractivity contribution in [2.24, 2.45) is 4.99 Å². The van der Waals surface area contributed by atoms with Gasteiger partial charge in [-0.3, -0.25) is 14.7 Å². The second-order valence-electron chi connectivity index (χ2n) is 8.16. The van der Waals surface area contributed by atoms with Crippen LogP contribution < -0.4 is 15.5 Å². The zero-order valence-electron chi connectivity index (χ0n) is 19.2. The molecular weight excluding hydrogens is 522 g/mol. The Bertz CT molecular complexity index is 726. The number of hydrogen-bond donors (Lipinski definition) is 2. The Morgan fingerprint density at radius 2 is 1.84 bits per heavy atom. The minimum absolute atomic E-state index is 0. The number of carbonyl (C=O) groups is 1. The third-order valence-corrected chi connectivity index (χ3v) is 5.88. The van der Waals surface area contributed by atoms with Crippen LogP contribution in [0.5, 0.6) is 0 Å². The SMILES string of the molecule is CCNC(=NCCCN1CCCC1=O)NCCCN1CCN(c2ccccc2F)CC1.I. The van der Waals surface area contributed by atoms with E-state index in [4.69, 9.17) is 0 Å². The predicted octanol–water partition coefficient (Wildman–Crippen LogP) is 2.52. The van der Waals surface area contributed by atoms with Crippen LogP contribution in [0.15, 0.2) is 29.3 Å². The number of aliphatic imine (C=N–C) groups is 1. The quantitative estimate of drug-likeness (QED) is 0.200. The number of benzene rings is 1. The van der Waals surface area contributed by atoms with Crippen molar-refractivity contribution < 1.29 is 9.18 Å². The largest absolute Gasteiger partial charge is 0.367 e. The summed E-state index contributed by atoms with van der Waals surface area (Å²) in [5, 5.41) is 6.70. The van der Waals surface area contributed by atoms with E-state index in [1.165, 1.54) is 6.07 Å². The normalized spacial score (nSPS) is 17.4. The monoisotopic (exact) mass is 560 g/mol. The fraction of sp³-hybridized carbons (Fsp3) is 0.652. The maximum absolute atomic E-state index is 14.0. The number of likely N-dealkylation sites (tertiary alicyclic amines) is 1. The van der Waals surface area contributed by atoms with Gasteiger partial charge in [-0.2, -0.15) is 0 Å². The maximum atomic E-state index is 14.0. The van der Waals surface area contributed by atoms with Gasteiger partial charge in [0.1, 0.15) is 5.82 Å². The third kappa shape index (κ3) is 8.38. The van der Waals surface area contributed by atoms with Crippen LogP contribution in [0.3, 0.4) is 0 Å². The lowest BCUT2D eigenvalue weighted by Crippen LogP contribution is -2.47. The van der Waals surface area contributed by atoms with Crippen molar-refractivity contribution >= 4 is 41.5 Å². The number of guanidine groups is 1. The molecule has 7 nitrogen and oxygen atoms in total. The van der Waals surface area contributed by atoms with E-state index in [0.717, 1.165) is 90.7 Å². The number of amides is 1. The van der Waals surface area contributed by atoms with Gasteiger partial charge in [-0.15, -0.1) is 24.0 Å². The Kier molecular flexibility index (Phi) is 12.1. The number of nitrogens with zero attached hydrogens (tertiary/aromatic N) is 4. The number of piperazine rings is 1. The van der Waals surface area contributed by atoms with Crippen molar-refractivity contribution in [2.75, 3.05) is 70.3 Å². The fourth-order valence-electron chi connectivity index (χ4n) is 4.16. The highest BCUT2D eigenvalue weighted by molar-refractivity contribution is 14.0. The Labute approximate surface area is 208 Å². The van der Waals surface area contributed by atoms with Gasteiger partial charge in [-0.25, -0.2) is 4.39 Å². The van der Waals surface area contributed by atoms with Crippen LogP contribution in [-0.2, 0) is 4.79 Å². The molecule has 3 rings (SSSR count). The lowest BCUT2D eigenvalue weighted by molar-refractivity contribution is -0.127. The average Bonchev–Trinajstić information content (AvgIpc) is 3.19. The van der Waals surface area contributed by atoms with E-state index in [1.54, 1.807) is 6.07 Å². The maximum Gasteiger partial charge on any atom is 0.222 e. The van der Waals surface area contributed by atoms with Gasteiger partial charge in [0.2, 0.25) is 5.91 Å². The van der Waals surface area contributed by atoms with Crippen LogP contribution in [-0.4, -0.2) is 87.1 Å². The molecule has 0 radical (unpaired) electrons. The van der Waals surface area contributed by atoms with Gasteiger partial charge >= 0.3 is 0 Å². The highest BCUT2D eigenvalue weighted by atomic mass is 127. The van der Waals surface area contributed by atoms with Crippen molar-refractivity contribution in [1.82, 2.24) is 20.4 Å². The first-order chi connectivity index (χ1) is 15.2. The molecule has 0 bridgehead atoms. The summed E-state index contributed by atoms with van der Waals surface area (Å²) in [5.74, 6) is 0.991. The molecule has 180 valence electrons. The molecule has 2 aliphatic rings. The Morgan fingerprint density at radius 3 is 2.53 bits per heavy atom. The standard InChI is InChI=1S/C23H37FN6O.HI/c1-2-25-23(27-12-7-15-30-14-5-10-22(30)31)26-11-6-13-28-16-18-29(19-17-28)21-9-4-3-8-20(21)24;/h3-4,8-9H,2,5-7,10-19H2,1H3,(H2,25,26,27);1H. The second kappa shape index (κ2) is 14.5. The van der Waals surface area contributed by atoms with Crippen LogP contribution in [0.4, 0.5) is 10.1 Å². The topological polar surface area (TPSA) is 63.2 Å². The highest BCUT2D eigenvalue weighted by Crippen LogP contribution is 2.20. The van der Waals surface area contributed by atoms with E-state index in [2.05, 4.69) is 32.3 Å². The van der Waals surface area contributed by atoms with Gasteiger partial charge in [0, 0.05) is 65.3 Å². The first-order valence-electron chi connectivity index (χ1n) is 11.7. The molecule has 0 saturated carbocycles. The molecule has 0 atom stereocenters. The molecule has 9 heteroatoms. The van der Waals surface area contributed by atoms with Gasteiger partial charge < -0.3 is 20.4 Å². The lowest BCUT2D eigenvalue weighted by Gasteiger charge is -2.36. The summed E-state index contributed by atoms with van der Waals surface area (Å²) in [6.45, 7) is 10.8. The number of rotatable bonds is 10. The Balaban J connectivity index is 0.00000363. The van der Waals surface area contributed by atoms with E-state index < -0.39 is 0 Å². The van der Waals surface area contributed by atoms with E-state index in [0.29, 0.717) is 12.1 Å². The summed E-state index contributed by atoms with van der Waals surface area (Å²) < 4.78 is 14.0. The van der Waals surface area contributed by atoms with Crippen molar-refractivity contribution in [3.8, 4) is 0 Å². The molecule has 0 spiro atoms. The van der Waals surface area contributed by atoms with Crippen LogP contribution in [0.1, 0.15) is 32.6 Å². The van der Waals surface area contributed by atoms with E-state index in [1.807, 2.05) is 17.0 Å². The van der Waals surface area contributed by atoms with Gasteiger partial charge in [0.15, 0.2) is 5.96 Å². The van der Waals surface area contributed by atoms with Crippen molar-refractivity contribution in [3.05, 3.63) is 30.1 Å². The van der Waals surface area contributed by atoms with Crippen LogP contribution in [0, 0.1) is 5.82 Å². The number of halogens is 2. The number of anilines is 1. The first kappa shape index (κ1) is 26.6. The molecular formula is C23H38FIN6O. The van der Waals surface area contributed by atoms with E-state index in [-0.39, 0.29) is 35.7 Å². The molecule has 2 saturated heterocycles. The van der Waals surface area contributed by atoms with Crippen molar-refractivity contribution in [3.63, 3.8) is 0 Å². The summed E-state index contributed by atoms with van der Waals surface area (Å²) in [4.78, 5) is 22.8. The molecule has 1 aromatic rings. The fourth-order valence-corrected chi connectivity index (χ4v) is 4.16. The zero-order valence-corrected chi connectivity index (χ0v) is 21.5. The minimum atomic E-state index is -0.137. The minimum Gasteiger partial charge on any atom is -0.367 e. The molecule has 32 heavy (non-hydrogen) atoms. The molecule has 2 aliphatic heterocycles. The molecule has 2 heterocycles. The summed E-state index contributed by atoms with van der Waals surface area (Å²) in [6, 6.07) is 7.02. The Morgan fingerprint density at radius 1 is 1.06 bits per heavy atom. The van der Waals surface area contributed by atoms with Gasteiger partial charge in [0.25, 0.3) is 0 Å². The molecule has 0 unspecified atom stereocenters. The van der Waals surface area contributed by atoms with Crippen LogP contribution in [0.2, 0.25) is 0 Å². The van der Waals surface area contributed by atoms with Crippen molar-refractivity contribution in [1.29, 1.82) is 0 Å². The highest BCUT2D eigenvalue weighted by Gasteiger charge is 2.19. The molecule has 0 aliphatic carbocycles. The number of nitrogens with one attached hydrogen (secondary N) is 2. The van der Waals surface area contributed by atoms with Crippen molar-refractivity contribution in [2.45, 2.75) is 32.6 Å². The first-order valence-corrected chi connectivity index (χ1v) is 11.7. The molecule has 2 fully saturated rings. The van der Waals surface area contributed by atoms with E-state index in [9.17, 15) is 9.18 Å². The second-order valence-corrected chi connectivity index (χ2v) is 8.16. The molecule has 1 aromatic carbocycles. The summed E-state index contributed by atoms with van der Waals surface area (Å²) in [5.41, 5.74) is 0.712. The average molecular weight is 561 g/mol. The number of hydrogen-bond acceptors (Lipinski definition) is 4. The number of carbonyl (C=O) groups excluding carboxylic acids is 1. The smallest absolute Gasteiger partial charge is 0.222 e. The zero-order chi connectivity index (χ0) is 21.9. The third-order valence-electron chi connectivity index (χ3n) is 5.88. The lowest BCUT2D eigenvalue weighted by atomic mass is 10.2. The Hall–Kier alpha value is -1.62. The molecule has 2 N–H and O–H groups in total. The number of para-hydroxylation sites is 1. The van der Waals surface area contributed by atoms with Gasteiger partial charge in [-0.1, -0.05) is 12.1 Å². The predicted molar refractivity (Wildman–Crippen MR) is 139 cm³/mol. The summed E-state index contributed by atoms with van der Waals surface area (Å²) >= 11 is 0. The van der Waals surface area contributed by atoms with Crippen LogP contribution in [0.25, 0.3) is 0 Å². The van der Waals surface area contributed by atoms with E-state index >= 15 is 0 Å². The van der Waals surface area contributed by atoms with Gasteiger partial charge in [-0.05, 0) is 44.9 Å². The molecule has 0 aromatic heterocycles. The molecule has 1 amide bonds.